The van der Waals surface area contributed by atoms with E-state index in [4.69, 9.17) is 10.5 Å². The zero-order valence-corrected chi connectivity index (χ0v) is 7.81. The molecule has 0 aliphatic carbocycles. The number of rotatable bonds is 7. The Kier molecular flexibility index (Phi) is 7.96. The molecule has 2 heteroatoms. The van der Waals surface area contributed by atoms with Crippen LogP contribution in [0.3, 0.4) is 0 Å². The molecular formula is C9H21NO. The molecule has 0 heterocycles. The van der Waals surface area contributed by atoms with Gasteiger partial charge in [-0.1, -0.05) is 13.3 Å². The molecule has 0 saturated carbocycles. The summed E-state index contributed by atoms with van der Waals surface area (Å²) in [7, 11) is 0. The van der Waals surface area contributed by atoms with Crippen LogP contribution in [0.2, 0.25) is 0 Å². The average molecular weight is 159 g/mol. The lowest BCUT2D eigenvalue weighted by atomic mass is 10.0. The maximum absolute atomic E-state index is 5.42. The fourth-order valence-corrected chi connectivity index (χ4v) is 1.10. The molecule has 1 atom stereocenters. The van der Waals surface area contributed by atoms with Crippen LogP contribution >= 0.6 is 0 Å². The monoisotopic (exact) mass is 159 g/mol. The van der Waals surface area contributed by atoms with Gasteiger partial charge < -0.3 is 10.5 Å². The minimum Gasteiger partial charge on any atom is -0.381 e. The van der Waals surface area contributed by atoms with Gasteiger partial charge in [0.05, 0.1) is 0 Å². The van der Waals surface area contributed by atoms with E-state index < -0.39 is 0 Å². The molecule has 11 heavy (non-hydrogen) atoms. The van der Waals surface area contributed by atoms with E-state index in [9.17, 15) is 0 Å². The molecule has 0 aromatic rings. The maximum atomic E-state index is 5.42. The first kappa shape index (κ1) is 10.9. The summed E-state index contributed by atoms with van der Waals surface area (Å²) in [4.78, 5) is 0. The second-order valence-corrected chi connectivity index (χ2v) is 2.86. The van der Waals surface area contributed by atoms with Crippen molar-refractivity contribution in [1.82, 2.24) is 0 Å². The summed E-state index contributed by atoms with van der Waals surface area (Å²) in [6.07, 6.45) is 3.55. The summed E-state index contributed by atoms with van der Waals surface area (Å²) < 4.78 is 5.34. The molecule has 0 saturated heterocycles. The Labute approximate surface area is 70.1 Å². The number of hydrogen-bond acceptors (Lipinski definition) is 2. The van der Waals surface area contributed by atoms with Gasteiger partial charge in [-0.2, -0.15) is 0 Å². The lowest BCUT2D eigenvalue weighted by molar-refractivity contribution is 0.105. The Morgan fingerprint density at radius 1 is 1.36 bits per heavy atom. The fourth-order valence-electron chi connectivity index (χ4n) is 1.10. The smallest absolute Gasteiger partial charge is 0.0494 e. The largest absolute Gasteiger partial charge is 0.381 e. The first-order valence-corrected chi connectivity index (χ1v) is 4.62. The lowest BCUT2D eigenvalue weighted by Crippen LogP contribution is -2.11. The minimum atomic E-state index is 0.721. The molecule has 2 N–H and O–H groups in total. The highest BCUT2D eigenvalue weighted by Gasteiger charge is 2.04. The van der Waals surface area contributed by atoms with Crippen molar-refractivity contribution in [1.29, 1.82) is 0 Å². The van der Waals surface area contributed by atoms with Crippen molar-refractivity contribution in [3.63, 3.8) is 0 Å². The highest BCUT2D eigenvalue weighted by Crippen LogP contribution is 2.10. The zero-order valence-electron chi connectivity index (χ0n) is 7.81. The van der Waals surface area contributed by atoms with Crippen LogP contribution in [0.1, 0.15) is 33.1 Å². The minimum absolute atomic E-state index is 0.721. The third kappa shape index (κ3) is 6.32. The molecular weight excluding hydrogens is 138 g/mol. The number of ether oxygens (including phenoxy) is 1. The molecule has 1 unspecified atom stereocenters. The summed E-state index contributed by atoms with van der Waals surface area (Å²) in [6.45, 7) is 6.80. The molecule has 0 fully saturated rings. The average Bonchev–Trinajstić information content (AvgIpc) is 2.05. The summed E-state index contributed by atoms with van der Waals surface area (Å²) in [5.74, 6) is 0.721. The van der Waals surface area contributed by atoms with Crippen LogP contribution in [0.5, 0.6) is 0 Å². The van der Waals surface area contributed by atoms with Crippen LogP contribution in [0, 0.1) is 5.92 Å². The first-order chi connectivity index (χ1) is 5.35. The Balaban J connectivity index is 3.25. The van der Waals surface area contributed by atoms with Gasteiger partial charge >= 0.3 is 0 Å². The number of nitrogens with two attached hydrogens (primary N) is 1. The Morgan fingerprint density at radius 3 is 2.55 bits per heavy atom. The molecule has 0 aliphatic rings. The van der Waals surface area contributed by atoms with Crippen molar-refractivity contribution < 1.29 is 4.74 Å². The summed E-state index contributed by atoms with van der Waals surface area (Å²) >= 11 is 0. The maximum Gasteiger partial charge on any atom is 0.0494 e. The SMILES string of the molecule is CCOCC(CC)CCCN. The fraction of sp³-hybridized carbons (Fsp3) is 1.00. The Hall–Kier alpha value is -0.0800. The topological polar surface area (TPSA) is 35.2 Å². The van der Waals surface area contributed by atoms with Crippen molar-refractivity contribution in [2.75, 3.05) is 19.8 Å². The van der Waals surface area contributed by atoms with Gasteiger partial charge in [-0.05, 0) is 32.2 Å². The first-order valence-electron chi connectivity index (χ1n) is 4.62. The molecule has 0 aliphatic heterocycles. The molecule has 0 amide bonds. The quantitative estimate of drug-likeness (QED) is 0.614. The molecule has 0 rings (SSSR count). The Morgan fingerprint density at radius 2 is 2.09 bits per heavy atom. The van der Waals surface area contributed by atoms with E-state index in [0.717, 1.165) is 32.1 Å². The van der Waals surface area contributed by atoms with E-state index in [-0.39, 0.29) is 0 Å². The molecule has 0 aromatic carbocycles. The van der Waals surface area contributed by atoms with Crippen LogP contribution in [-0.2, 0) is 4.74 Å². The van der Waals surface area contributed by atoms with Crippen LogP contribution in [-0.4, -0.2) is 19.8 Å². The third-order valence-electron chi connectivity index (χ3n) is 1.95. The lowest BCUT2D eigenvalue weighted by Gasteiger charge is -2.13. The predicted octanol–water partition coefficient (Wildman–Crippen LogP) is 1.79. The molecule has 0 bridgehead atoms. The van der Waals surface area contributed by atoms with Crippen molar-refractivity contribution >= 4 is 0 Å². The van der Waals surface area contributed by atoms with Crippen LogP contribution in [0.4, 0.5) is 0 Å². The van der Waals surface area contributed by atoms with Crippen molar-refractivity contribution in [3.8, 4) is 0 Å². The van der Waals surface area contributed by atoms with Gasteiger partial charge in [0.25, 0.3) is 0 Å². The molecule has 0 radical (unpaired) electrons. The zero-order chi connectivity index (χ0) is 8.53. The third-order valence-corrected chi connectivity index (χ3v) is 1.95. The van der Waals surface area contributed by atoms with Gasteiger partial charge in [0.1, 0.15) is 0 Å². The van der Waals surface area contributed by atoms with Gasteiger partial charge in [0.15, 0.2) is 0 Å². The van der Waals surface area contributed by atoms with E-state index >= 15 is 0 Å². The van der Waals surface area contributed by atoms with E-state index in [2.05, 4.69) is 6.92 Å². The number of hydrogen-bond donors (Lipinski definition) is 1. The molecule has 0 spiro atoms. The van der Waals surface area contributed by atoms with E-state index in [1.54, 1.807) is 0 Å². The normalized spacial score (nSPS) is 13.4. The molecule has 0 aromatic heterocycles. The van der Waals surface area contributed by atoms with Crippen LogP contribution in [0.25, 0.3) is 0 Å². The standard InChI is InChI=1S/C9H21NO/c1-3-9(6-5-7-10)8-11-4-2/h9H,3-8,10H2,1-2H3. The molecule has 2 nitrogen and oxygen atoms in total. The van der Waals surface area contributed by atoms with Gasteiger partial charge in [-0.3, -0.25) is 0 Å². The van der Waals surface area contributed by atoms with Crippen LogP contribution < -0.4 is 5.73 Å². The molecule has 68 valence electrons. The Bertz CT molecular complexity index is 68.0. The van der Waals surface area contributed by atoms with Crippen molar-refractivity contribution in [3.05, 3.63) is 0 Å². The van der Waals surface area contributed by atoms with Gasteiger partial charge in [0, 0.05) is 13.2 Å². The summed E-state index contributed by atoms with van der Waals surface area (Å²) in [5, 5.41) is 0. The predicted molar refractivity (Wildman–Crippen MR) is 48.6 cm³/mol. The van der Waals surface area contributed by atoms with E-state index in [1.165, 1.54) is 12.8 Å². The van der Waals surface area contributed by atoms with Crippen molar-refractivity contribution in [2.24, 2.45) is 11.7 Å². The van der Waals surface area contributed by atoms with Gasteiger partial charge in [-0.25, -0.2) is 0 Å². The van der Waals surface area contributed by atoms with E-state index in [0.29, 0.717) is 0 Å². The summed E-state index contributed by atoms with van der Waals surface area (Å²) in [6, 6.07) is 0. The highest BCUT2D eigenvalue weighted by molar-refractivity contribution is 4.56. The van der Waals surface area contributed by atoms with Gasteiger partial charge in [0.2, 0.25) is 0 Å². The van der Waals surface area contributed by atoms with E-state index in [1.807, 2.05) is 6.92 Å². The van der Waals surface area contributed by atoms with Crippen LogP contribution in [0.15, 0.2) is 0 Å². The van der Waals surface area contributed by atoms with Gasteiger partial charge in [-0.15, -0.1) is 0 Å². The highest BCUT2D eigenvalue weighted by atomic mass is 16.5. The summed E-state index contributed by atoms with van der Waals surface area (Å²) in [5.41, 5.74) is 5.42. The van der Waals surface area contributed by atoms with Crippen molar-refractivity contribution in [2.45, 2.75) is 33.1 Å². The second kappa shape index (κ2) is 8.02. The second-order valence-electron chi connectivity index (χ2n) is 2.86.